The Morgan fingerprint density at radius 2 is 2.40 bits per heavy atom. The number of carbonyl (C=O) groups excluding carboxylic acids is 1. The number of hydrogen-bond acceptors (Lipinski definition) is 3. The Labute approximate surface area is 89.3 Å². The molecule has 1 aromatic heterocycles. The van der Waals surface area contributed by atoms with Gasteiger partial charge in [-0.05, 0) is 25.5 Å². The van der Waals surface area contributed by atoms with Crippen molar-refractivity contribution in [2.45, 2.75) is 25.8 Å². The lowest BCUT2D eigenvalue weighted by molar-refractivity contribution is -0.121. The zero-order chi connectivity index (χ0) is 11.1. The lowest BCUT2D eigenvalue weighted by atomic mass is 10.2. The van der Waals surface area contributed by atoms with Crippen molar-refractivity contribution in [3.63, 3.8) is 0 Å². The van der Waals surface area contributed by atoms with E-state index in [9.17, 15) is 4.79 Å². The molecule has 0 saturated heterocycles. The molecule has 1 rings (SSSR count). The number of aliphatic hydroxyl groups is 1. The SMILES string of the molecule is CC(CO)NC(=O)CCc1ccccn1. The van der Waals surface area contributed by atoms with Crippen LogP contribution in [0.4, 0.5) is 0 Å². The Kier molecular flexibility index (Phi) is 4.77. The lowest BCUT2D eigenvalue weighted by Gasteiger charge is -2.10. The van der Waals surface area contributed by atoms with E-state index in [0.717, 1.165) is 5.69 Å². The van der Waals surface area contributed by atoms with E-state index in [2.05, 4.69) is 10.3 Å². The van der Waals surface area contributed by atoms with Gasteiger partial charge in [0.25, 0.3) is 0 Å². The summed E-state index contributed by atoms with van der Waals surface area (Å²) in [6.07, 6.45) is 2.75. The third kappa shape index (κ3) is 4.56. The minimum atomic E-state index is -0.179. The van der Waals surface area contributed by atoms with Gasteiger partial charge < -0.3 is 10.4 Å². The molecule has 1 aromatic rings. The molecule has 0 saturated carbocycles. The van der Waals surface area contributed by atoms with Crippen LogP contribution in [0.3, 0.4) is 0 Å². The number of hydrogen-bond donors (Lipinski definition) is 2. The smallest absolute Gasteiger partial charge is 0.220 e. The van der Waals surface area contributed by atoms with Crippen molar-refractivity contribution in [1.29, 1.82) is 0 Å². The molecule has 0 aliphatic rings. The zero-order valence-electron chi connectivity index (χ0n) is 8.81. The molecule has 0 aliphatic carbocycles. The van der Waals surface area contributed by atoms with Gasteiger partial charge in [0, 0.05) is 24.4 Å². The molecular formula is C11H16N2O2. The van der Waals surface area contributed by atoms with Crippen molar-refractivity contribution in [2.75, 3.05) is 6.61 Å². The fourth-order valence-corrected chi connectivity index (χ4v) is 1.18. The van der Waals surface area contributed by atoms with Gasteiger partial charge in [-0.25, -0.2) is 0 Å². The molecule has 4 heteroatoms. The van der Waals surface area contributed by atoms with E-state index in [1.807, 2.05) is 18.2 Å². The second-order valence-corrected chi connectivity index (χ2v) is 3.47. The highest BCUT2D eigenvalue weighted by Gasteiger charge is 2.06. The van der Waals surface area contributed by atoms with Crippen molar-refractivity contribution < 1.29 is 9.90 Å². The summed E-state index contributed by atoms with van der Waals surface area (Å²) >= 11 is 0. The normalized spacial score (nSPS) is 12.1. The van der Waals surface area contributed by atoms with Crippen molar-refractivity contribution >= 4 is 5.91 Å². The number of aromatic nitrogens is 1. The molecule has 0 radical (unpaired) electrons. The Hall–Kier alpha value is -1.42. The van der Waals surface area contributed by atoms with Crippen LogP contribution < -0.4 is 5.32 Å². The van der Waals surface area contributed by atoms with Crippen LogP contribution in [-0.4, -0.2) is 28.6 Å². The van der Waals surface area contributed by atoms with Crippen LogP contribution in [0.5, 0.6) is 0 Å². The van der Waals surface area contributed by atoms with Gasteiger partial charge in [0.15, 0.2) is 0 Å². The predicted octanol–water partition coefficient (Wildman–Crippen LogP) is 0.511. The summed E-state index contributed by atoms with van der Waals surface area (Å²) in [6.45, 7) is 1.73. The van der Waals surface area contributed by atoms with Crippen LogP contribution in [0.1, 0.15) is 19.0 Å². The fourth-order valence-electron chi connectivity index (χ4n) is 1.18. The summed E-state index contributed by atoms with van der Waals surface area (Å²) in [4.78, 5) is 15.5. The molecule has 0 bridgehead atoms. The molecule has 4 nitrogen and oxygen atoms in total. The van der Waals surface area contributed by atoms with Gasteiger partial charge in [0.05, 0.1) is 6.61 Å². The van der Waals surface area contributed by atoms with E-state index in [1.165, 1.54) is 0 Å². The second kappa shape index (κ2) is 6.14. The summed E-state index contributed by atoms with van der Waals surface area (Å²) in [5.74, 6) is -0.0535. The quantitative estimate of drug-likeness (QED) is 0.741. The average molecular weight is 208 g/mol. The van der Waals surface area contributed by atoms with Gasteiger partial charge >= 0.3 is 0 Å². The first-order valence-corrected chi connectivity index (χ1v) is 5.02. The Balaban J connectivity index is 2.29. The molecule has 0 aliphatic heterocycles. The Morgan fingerprint density at radius 3 is 3.00 bits per heavy atom. The fraction of sp³-hybridized carbons (Fsp3) is 0.455. The Bertz CT molecular complexity index is 301. The molecule has 0 aromatic carbocycles. The molecule has 1 atom stereocenters. The van der Waals surface area contributed by atoms with Crippen molar-refractivity contribution in [3.8, 4) is 0 Å². The number of amides is 1. The topological polar surface area (TPSA) is 62.2 Å². The molecule has 1 heterocycles. The zero-order valence-corrected chi connectivity index (χ0v) is 8.81. The molecule has 1 unspecified atom stereocenters. The lowest BCUT2D eigenvalue weighted by Crippen LogP contribution is -2.35. The number of carbonyl (C=O) groups is 1. The number of pyridine rings is 1. The van der Waals surface area contributed by atoms with E-state index in [1.54, 1.807) is 13.1 Å². The van der Waals surface area contributed by atoms with Gasteiger partial charge in [0.2, 0.25) is 5.91 Å². The maximum Gasteiger partial charge on any atom is 0.220 e. The molecule has 82 valence electrons. The molecule has 0 spiro atoms. The first kappa shape index (κ1) is 11.7. The minimum Gasteiger partial charge on any atom is -0.394 e. The third-order valence-corrected chi connectivity index (χ3v) is 2.02. The molecule has 1 amide bonds. The molecular weight excluding hydrogens is 192 g/mol. The molecule has 0 fully saturated rings. The van der Waals surface area contributed by atoms with Crippen LogP contribution in [0.15, 0.2) is 24.4 Å². The summed E-state index contributed by atoms with van der Waals surface area (Å²) in [6, 6.07) is 5.46. The van der Waals surface area contributed by atoms with Crippen LogP contribution in [0.2, 0.25) is 0 Å². The monoisotopic (exact) mass is 208 g/mol. The van der Waals surface area contributed by atoms with Crippen molar-refractivity contribution in [2.24, 2.45) is 0 Å². The van der Waals surface area contributed by atoms with Gasteiger partial charge in [-0.3, -0.25) is 9.78 Å². The highest BCUT2D eigenvalue weighted by molar-refractivity contribution is 5.76. The summed E-state index contributed by atoms with van der Waals surface area (Å²) in [5, 5.41) is 11.4. The van der Waals surface area contributed by atoms with Gasteiger partial charge in [-0.15, -0.1) is 0 Å². The average Bonchev–Trinajstić information content (AvgIpc) is 2.27. The summed E-state index contributed by atoms with van der Waals surface area (Å²) < 4.78 is 0. The Morgan fingerprint density at radius 1 is 1.60 bits per heavy atom. The minimum absolute atomic E-state index is 0.0324. The first-order valence-electron chi connectivity index (χ1n) is 5.02. The second-order valence-electron chi connectivity index (χ2n) is 3.47. The van der Waals surface area contributed by atoms with Crippen LogP contribution in [0, 0.1) is 0 Å². The van der Waals surface area contributed by atoms with Crippen LogP contribution in [-0.2, 0) is 11.2 Å². The van der Waals surface area contributed by atoms with Gasteiger partial charge in [-0.1, -0.05) is 6.07 Å². The van der Waals surface area contributed by atoms with E-state index in [0.29, 0.717) is 12.8 Å². The summed E-state index contributed by atoms with van der Waals surface area (Å²) in [5.41, 5.74) is 0.907. The summed E-state index contributed by atoms with van der Waals surface area (Å²) in [7, 11) is 0. The van der Waals surface area contributed by atoms with E-state index in [-0.39, 0.29) is 18.6 Å². The third-order valence-electron chi connectivity index (χ3n) is 2.02. The number of rotatable bonds is 5. The maximum atomic E-state index is 11.3. The largest absolute Gasteiger partial charge is 0.394 e. The molecule has 2 N–H and O–H groups in total. The maximum absolute atomic E-state index is 11.3. The van der Waals surface area contributed by atoms with Gasteiger partial charge in [-0.2, -0.15) is 0 Å². The highest BCUT2D eigenvalue weighted by Crippen LogP contribution is 1.98. The predicted molar refractivity (Wildman–Crippen MR) is 57.2 cm³/mol. The number of nitrogens with zero attached hydrogens (tertiary/aromatic N) is 1. The van der Waals surface area contributed by atoms with E-state index >= 15 is 0 Å². The van der Waals surface area contributed by atoms with Crippen LogP contribution in [0.25, 0.3) is 0 Å². The van der Waals surface area contributed by atoms with Crippen molar-refractivity contribution in [1.82, 2.24) is 10.3 Å². The van der Waals surface area contributed by atoms with Crippen molar-refractivity contribution in [3.05, 3.63) is 30.1 Å². The number of aryl methyl sites for hydroxylation is 1. The standard InChI is InChI=1S/C11H16N2O2/c1-9(8-14)13-11(15)6-5-10-4-2-3-7-12-10/h2-4,7,9,14H,5-6,8H2,1H3,(H,13,15). The first-order chi connectivity index (χ1) is 7.22. The van der Waals surface area contributed by atoms with Crippen LogP contribution >= 0.6 is 0 Å². The number of aliphatic hydroxyl groups excluding tert-OH is 1. The van der Waals surface area contributed by atoms with E-state index < -0.39 is 0 Å². The van der Waals surface area contributed by atoms with Gasteiger partial charge in [0.1, 0.15) is 0 Å². The molecule has 15 heavy (non-hydrogen) atoms. The highest BCUT2D eigenvalue weighted by atomic mass is 16.3. The van der Waals surface area contributed by atoms with E-state index in [4.69, 9.17) is 5.11 Å². The number of nitrogens with one attached hydrogen (secondary N) is 1.